The largest absolute Gasteiger partial charge is 0.493 e. The number of para-hydroxylation sites is 1. The molecule has 1 aliphatic rings. The van der Waals surface area contributed by atoms with Crippen LogP contribution in [-0.4, -0.2) is 6.61 Å². The molecule has 1 aromatic rings. The Kier molecular flexibility index (Phi) is 2.56. The summed E-state index contributed by atoms with van der Waals surface area (Å²) < 4.78 is 5.57. The zero-order valence-electron chi connectivity index (χ0n) is 7.81. The first-order valence-electron chi connectivity index (χ1n) is 4.66. The Hall–Kier alpha value is -1.67. The number of azide groups is 1. The fourth-order valence-electron chi connectivity index (χ4n) is 1.69. The highest BCUT2D eigenvalue weighted by Crippen LogP contribution is 2.29. The smallest absolute Gasteiger partial charge is 0.125 e. The molecule has 1 aliphatic heterocycles. The molecule has 1 heterocycles. The summed E-state index contributed by atoms with van der Waals surface area (Å²) in [5.74, 6) is 0.922. The minimum atomic E-state index is 0.375. The SMILES string of the molecule is [N-]=[N+]=NCc1cccc2c1OCCC2. The molecule has 0 radical (unpaired) electrons. The van der Waals surface area contributed by atoms with Crippen molar-refractivity contribution in [3.63, 3.8) is 0 Å². The van der Waals surface area contributed by atoms with Gasteiger partial charge in [-0.25, -0.2) is 0 Å². The Morgan fingerprint density at radius 1 is 1.50 bits per heavy atom. The molecule has 0 saturated carbocycles. The van der Waals surface area contributed by atoms with E-state index in [9.17, 15) is 0 Å². The molecule has 2 rings (SSSR count). The van der Waals surface area contributed by atoms with Crippen molar-refractivity contribution in [1.82, 2.24) is 0 Å². The van der Waals surface area contributed by atoms with E-state index in [2.05, 4.69) is 16.1 Å². The summed E-state index contributed by atoms with van der Waals surface area (Å²) in [6.07, 6.45) is 2.12. The van der Waals surface area contributed by atoms with Crippen molar-refractivity contribution in [3.05, 3.63) is 39.8 Å². The average molecular weight is 189 g/mol. The van der Waals surface area contributed by atoms with Crippen LogP contribution < -0.4 is 4.74 Å². The van der Waals surface area contributed by atoms with E-state index in [1.165, 1.54) is 5.56 Å². The molecule has 0 aromatic heterocycles. The van der Waals surface area contributed by atoms with Gasteiger partial charge in [0, 0.05) is 10.5 Å². The molecule has 0 aliphatic carbocycles. The van der Waals surface area contributed by atoms with Crippen LogP contribution in [0.3, 0.4) is 0 Å². The number of aryl methyl sites for hydroxylation is 1. The summed E-state index contributed by atoms with van der Waals surface area (Å²) in [5.41, 5.74) is 10.5. The summed E-state index contributed by atoms with van der Waals surface area (Å²) >= 11 is 0. The molecule has 0 amide bonds. The lowest BCUT2D eigenvalue weighted by molar-refractivity contribution is 0.285. The Morgan fingerprint density at radius 2 is 2.43 bits per heavy atom. The molecular weight excluding hydrogens is 178 g/mol. The molecule has 0 N–H and O–H groups in total. The maximum absolute atomic E-state index is 8.25. The highest BCUT2D eigenvalue weighted by molar-refractivity contribution is 5.42. The summed E-state index contributed by atoms with van der Waals surface area (Å²) in [4.78, 5) is 2.75. The summed E-state index contributed by atoms with van der Waals surface area (Å²) in [6.45, 7) is 1.14. The third kappa shape index (κ3) is 1.65. The highest BCUT2D eigenvalue weighted by atomic mass is 16.5. The molecule has 72 valence electrons. The van der Waals surface area contributed by atoms with Crippen LogP contribution in [0.25, 0.3) is 10.4 Å². The molecule has 4 nitrogen and oxygen atoms in total. The fourth-order valence-corrected chi connectivity index (χ4v) is 1.69. The van der Waals surface area contributed by atoms with Crippen LogP contribution in [-0.2, 0) is 13.0 Å². The van der Waals surface area contributed by atoms with Gasteiger partial charge in [-0.15, -0.1) is 0 Å². The van der Waals surface area contributed by atoms with E-state index in [0.717, 1.165) is 30.8 Å². The van der Waals surface area contributed by atoms with Crippen molar-refractivity contribution in [2.45, 2.75) is 19.4 Å². The van der Waals surface area contributed by atoms with E-state index in [1.807, 2.05) is 12.1 Å². The van der Waals surface area contributed by atoms with Crippen molar-refractivity contribution in [1.29, 1.82) is 0 Å². The predicted molar refractivity (Wildman–Crippen MR) is 53.1 cm³/mol. The van der Waals surface area contributed by atoms with E-state index >= 15 is 0 Å². The van der Waals surface area contributed by atoms with Crippen molar-refractivity contribution < 1.29 is 4.74 Å². The fraction of sp³-hybridized carbons (Fsp3) is 0.400. The first-order valence-corrected chi connectivity index (χ1v) is 4.66. The van der Waals surface area contributed by atoms with Crippen LogP contribution in [0.4, 0.5) is 0 Å². The Labute approximate surface area is 82.1 Å². The van der Waals surface area contributed by atoms with E-state index in [1.54, 1.807) is 0 Å². The summed E-state index contributed by atoms with van der Waals surface area (Å²) in [7, 11) is 0. The van der Waals surface area contributed by atoms with Crippen molar-refractivity contribution >= 4 is 0 Å². The molecule has 0 fully saturated rings. The standard InChI is InChI=1S/C10H11N3O/c11-13-12-7-9-4-1-3-8-5-2-6-14-10(8)9/h1,3-4H,2,5-7H2. The Morgan fingerprint density at radius 3 is 3.29 bits per heavy atom. The molecule has 0 bridgehead atoms. The first kappa shape index (κ1) is 8.91. The molecule has 0 unspecified atom stereocenters. The van der Waals surface area contributed by atoms with E-state index in [4.69, 9.17) is 10.3 Å². The van der Waals surface area contributed by atoms with Crippen LogP contribution in [0.2, 0.25) is 0 Å². The van der Waals surface area contributed by atoms with Crippen LogP contribution >= 0.6 is 0 Å². The van der Waals surface area contributed by atoms with Gasteiger partial charge in [-0.1, -0.05) is 23.3 Å². The first-order chi connectivity index (χ1) is 6.92. The average Bonchev–Trinajstić information content (AvgIpc) is 2.26. The van der Waals surface area contributed by atoms with Crippen LogP contribution in [0.15, 0.2) is 23.3 Å². The van der Waals surface area contributed by atoms with Gasteiger partial charge in [0.2, 0.25) is 0 Å². The minimum Gasteiger partial charge on any atom is -0.493 e. The predicted octanol–water partition coefficient (Wildman–Crippen LogP) is 2.82. The second kappa shape index (κ2) is 4.03. The molecule has 1 aromatic carbocycles. The molecule has 4 heteroatoms. The Balaban J connectivity index is 2.34. The van der Waals surface area contributed by atoms with Gasteiger partial charge in [0.1, 0.15) is 5.75 Å². The molecular formula is C10H11N3O. The minimum absolute atomic E-state index is 0.375. The number of ether oxygens (including phenoxy) is 1. The third-order valence-electron chi connectivity index (χ3n) is 2.32. The van der Waals surface area contributed by atoms with Gasteiger partial charge < -0.3 is 4.74 Å². The van der Waals surface area contributed by atoms with Crippen molar-refractivity contribution in [2.24, 2.45) is 5.11 Å². The van der Waals surface area contributed by atoms with Gasteiger partial charge in [-0.3, -0.25) is 0 Å². The number of hydrogen-bond donors (Lipinski definition) is 0. The second-order valence-electron chi connectivity index (χ2n) is 3.25. The highest BCUT2D eigenvalue weighted by Gasteiger charge is 2.12. The van der Waals surface area contributed by atoms with E-state index < -0.39 is 0 Å². The van der Waals surface area contributed by atoms with Gasteiger partial charge in [-0.2, -0.15) is 0 Å². The molecule has 0 saturated heterocycles. The zero-order valence-corrected chi connectivity index (χ0v) is 7.81. The van der Waals surface area contributed by atoms with Gasteiger partial charge in [0.25, 0.3) is 0 Å². The van der Waals surface area contributed by atoms with Crippen LogP contribution in [0, 0.1) is 0 Å². The quantitative estimate of drug-likeness (QED) is 0.401. The maximum Gasteiger partial charge on any atom is 0.125 e. The normalized spacial score (nSPS) is 13.7. The number of nitrogens with zero attached hydrogens (tertiary/aromatic N) is 3. The monoisotopic (exact) mass is 189 g/mol. The number of hydrogen-bond acceptors (Lipinski definition) is 2. The van der Waals surface area contributed by atoms with Gasteiger partial charge >= 0.3 is 0 Å². The van der Waals surface area contributed by atoms with E-state index in [-0.39, 0.29) is 0 Å². The number of benzene rings is 1. The lowest BCUT2D eigenvalue weighted by Crippen LogP contribution is -2.10. The lowest BCUT2D eigenvalue weighted by Gasteiger charge is -2.19. The maximum atomic E-state index is 8.25. The van der Waals surface area contributed by atoms with Gasteiger partial charge in [-0.05, 0) is 23.9 Å². The lowest BCUT2D eigenvalue weighted by atomic mass is 10.0. The second-order valence-corrected chi connectivity index (χ2v) is 3.25. The summed E-state index contributed by atoms with van der Waals surface area (Å²) in [5, 5.41) is 3.55. The molecule has 0 atom stereocenters. The number of rotatable bonds is 2. The number of fused-ring (bicyclic) bond motifs is 1. The third-order valence-corrected chi connectivity index (χ3v) is 2.32. The molecule has 14 heavy (non-hydrogen) atoms. The van der Waals surface area contributed by atoms with E-state index in [0.29, 0.717) is 6.54 Å². The topological polar surface area (TPSA) is 58.0 Å². The summed E-state index contributed by atoms with van der Waals surface area (Å²) in [6, 6.07) is 5.99. The van der Waals surface area contributed by atoms with Gasteiger partial charge in [0.15, 0.2) is 0 Å². The van der Waals surface area contributed by atoms with Gasteiger partial charge in [0.05, 0.1) is 13.2 Å². The van der Waals surface area contributed by atoms with Crippen LogP contribution in [0.5, 0.6) is 5.75 Å². The molecule has 0 spiro atoms. The van der Waals surface area contributed by atoms with Crippen molar-refractivity contribution in [2.75, 3.05) is 6.61 Å². The zero-order chi connectivity index (χ0) is 9.80. The van der Waals surface area contributed by atoms with Crippen LogP contribution in [0.1, 0.15) is 17.5 Å². The van der Waals surface area contributed by atoms with Crippen molar-refractivity contribution in [3.8, 4) is 5.75 Å². The Bertz CT molecular complexity index is 383.